The van der Waals surface area contributed by atoms with Crippen LogP contribution in [0.5, 0.6) is 5.75 Å². The molecule has 3 aromatic carbocycles. The molecule has 0 fully saturated rings. The molecule has 0 aliphatic heterocycles. The van der Waals surface area contributed by atoms with Gasteiger partial charge in [-0.2, -0.15) is 5.10 Å². The second-order valence-electron chi connectivity index (χ2n) is 7.48. The first-order valence-corrected chi connectivity index (χ1v) is 10.2. The van der Waals surface area contributed by atoms with Crippen LogP contribution >= 0.6 is 0 Å². The number of rotatable bonds is 6. The van der Waals surface area contributed by atoms with Crippen molar-refractivity contribution in [2.24, 2.45) is 0 Å². The smallest absolute Gasteiger partial charge is 0.254 e. The molecule has 4 aromatic rings. The summed E-state index contributed by atoms with van der Waals surface area (Å²) >= 11 is 0. The lowest BCUT2D eigenvalue weighted by Gasteiger charge is -2.19. The topological polar surface area (TPSA) is 58.2 Å². The molecule has 31 heavy (non-hydrogen) atoms. The molecule has 0 radical (unpaired) electrons. The van der Waals surface area contributed by atoms with E-state index in [4.69, 9.17) is 4.74 Å². The molecule has 0 aliphatic carbocycles. The zero-order valence-corrected chi connectivity index (χ0v) is 17.8. The first kappa shape index (κ1) is 20.6. The molecular weight excluding hydrogens is 393 g/mol. The molecule has 5 nitrogen and oxygen atoms in total. The highest BCUT2D eigenvalue weighted by atomic mass is 19.1. The van der Waals surface area contributed by atoms with Crippen molar-refractivity contribution in [1.29, 1.82) is 0 Å². The van der Waals surface area contributed by atoms with Crippen molar-refractivity contribution in [3.05, 3.63) is 83.3 Å². The summed E-state index contributed by atoms with van der Waals surface area (Å²) in [5, 5.41) is 8.43. The molecule has 0 aliphatic rings. The largest absolute Gasteiger partial charge is 0.493 e. The molecular formula is C25H24FN3O2. The predicted molar refractivity (Wildman–Crippen MR) is 120 cm³/mol. The van der Waals surface area contributed by atoms with E-state index in [1.807, 2.05) is 38.1 Å². The summed E-state index contributed by atoms with van der Waals surface area (Å²) in [6.07, 6.45) is 0. The summed E-state index contributed by atoms with van der Waals surface area (Å²) in [5.74, 6) is 0.107. The van der Waals surface area contributed by atoms with Gasteiger partial charge in [-0.05, 0) is 55.3 Å². The number of fused-ring (bicyclic) bond motifs is 1. The number of para-hydroxylation sites is 1. The fraction of sp³-hybridized carbons (Fsp3) is 0.200. The summed E-state index contributed by atoms with van der Waals surface area (Å²) in [4.78, 5) is 14.8. The van der Waals surface area contributed by atoms with Crippen LogP contribution in [0.4, 0.5) is 4.39 Å². The van der Waals surface area contributed by atoms with Gasteiger partial charge in [-0.3, -0.25) is 9.89 Å². The number of aromatic nitrogens is 2. The highest BCUT2D eigenvalue weighted by Gasteiger charge is 2.17. The van der Waals surface area contributed by atoms with E-state index in [2.05, 4.69) is 10.2 Å². The van der Waals surface area contributed by atoms with Crippen molar-refractivity contribution in [1.82, 2.24) is 15.1 Å². The Morgan fingerprint density at radius 2 is 1.94 bits per heavy atom. The Morgan fingerprint density at radius 3 is 2.71 bits per heavy atom. The van der Waals surface area contributed by atoms with Gasteiger partial charge < -0.3 is 9.64 Å². The number of hydrogen-bond donors (Lipinski definition) is 1. The minimum absolute atomic E-state index is 0.129. The van der Waals surface area contributed by atoms with Gasteiger partial charge in [0.2, 0.25) is 0 Å². The summed E-state index contributed by atoms with van der Waals surface area (Å²) in [5.41, 5.74) is 4.81. The Kier molecular flexibility index (Phi) is 5.71. The van der Waals surface area contributed by atoms with Crippen LogP contribution in [0.15, 0.2) is 60.7 Å². The average molecular weight is 417 g/mol. The van der Waals surface area contributed by atoms with Crippen molar-refractivity contribution in [3.63, 3.8) is 0 Å². The van der Waals surface area contributed by atoms with Crippen molar-refractivity contribution in [3.8, 4) is 16.9 Å². The van der Waals surface area contributed by atoms with Gasteiger partial charge in [0.05, 0.1) is 12.1 Å². The van der Waals surface area contributed by atoms with E-state index in [-0.39, 0.29) is 11.7 Å². The van der Waals surface area contributed by atoms with E-state index in [9.17, 15) is 9.18 Å². The Hall–Kier alpha value is -3.67. The van der Waals surface area contributed by atoms with Crippen LogP contribution < -0.4 is 4.74 Å². The zero-order chi connectivity index (χ0) is 22.0. The molecule has 1 N–H and O–H groups in total. The number of halogens is 1. The number of carbonyl (C=O) groups excluding carboxylic acids is 1. The maximum absolute atomic E-state index is 13.7. The first-order valence-electron chi connectivity index (χ1n) is 10.2. The molecule has 158 valence electrons. The van der Waals surface area contributed by atoms with E-state index in [0.29, 0.717) is 30.0 Å². The summed E-state index contributed by atoms with van der Waals surface area (Å²) in [6, 6.07) is 17.6. The Morgan fingerprint density at radius 1 is 1.13 bits per heavy atom. The van der Waals surface area contributed by atoms with E-state index < -0.39 is 0 Å². The number of ether oxygens (including phenoxy) is 1. The number of amides is 1. The molecule has 1 heterocycles. The molecule has 1 amide bonds. The van der Waals surface area contributed by atoms with Gasteiger partial charge in [0.25, 0.3) is 5.91 Å². The van der Waals surface area contributed by atoms with Crippen molar-refractivity contribution >= 4 is 16.8 Å². The maximum atomic E-state index is 13.7. The van der Waals surface area contributed by atoms with Gasteiger partial charge in [0, 0.05) is 35.8 Å². The molecule has 0 atom stereocenters. The third kappa shape index (κ3) is 4.14. The van der Waals surface area contributed by atoms with E-state index in [0.717, 1.165) is 27.7 Å². The Bertz CT molecular complexity index is 1250. The highest BCUT2D eigenvalue weighted by molar-refractivity contribution is 5.96. The minimum Gasteiger partial charge on any atom is -0.493 e. The number of aromatic amines is 1. The van der Waals surface area contributed by atoms with Gasteiger partial charge in [-0.1, -0.05) is 30.3 Å². The second kappa shape index (κ2) is 8.60. The Balaban J connectivity index is 1.62. The quantitative estimate of drug-likeness (QED) is 0.460. The summed E-state index contributed by atoms with van der Waals surface area (Å²) < 4.78 is 19.5. The zero-order valence-electron chi connectivity index (χ0n) is 17.8. The molecule has 0 unspecified atom stereocenters. The van der Waals surface area contributed by atoms with Crippen LogP contribution in [0, 0.1) is 12.7 Å². The number of nitrogens with one attached hydrogen (secondary N) is 1. The van der Waals surface area contributed by atoms with Crippen LogP contribution in [-0.4, -0.2) is 34.7 Å². The normalized spacial score (nSPS) is 11.0. The third-order valence-electron chi connectivity index (χ3n) is 5.28. The average Bonchev–Trinajstić information content (AvgIpc) is 3.15. The standard InChI is InChI=1S/C25H24FN3O2/c1-4-31-23-14-18(11-12-22(23)17-7-5-9-20(26)13-17)25(30)29(3)15-19-8-6-10-21-16(2)27-28-24(19)21/h5-14H,4,15H2,1-3H3,(H,27,28). The number of aryl methyl sites for hydroxylation is 1. The van der Waals surface area contributed by atoms with Crippen molar-refractivity contribution in [2.75, 3.05) is 13.7 Å². The SMILES string of the molecule is CCOc1cc(C(=O)N(C)Cc2cccc3c(C)[nH]nc23)ccc1-c1cccc(F)c1. The number of H-pyrrole nitrogens is 1. The van der Waals surface area contributed by atoms with Gasteiger partial charge in [0.1, 0.15) is 11.6 Å². The molecule has 4 rings (SSSR count). The Labute approximate surface area is 180 Å². The monoisotopic (exact) mass is 417 g/mol. The van der Waals surface area contributed by atoms with Crippen LogP contribution in [0.1, 0.15) is 28.5 Å². The number of nitrogens with zero attached hydrogens (tertiary/aromatic N) is 2. The second-order valence-corrected chi connectivity index (χ2v) is 7.48. The molecule has 6 heteroatoms. The first-order chi connectivity index (χ1) is 15.0. The van der Waals surface area contributed by atoms with Crippen LogP contribution in [0.2, 0.25) is 0 Å². The van der Waals surface area contributed by atoms with Crippen molar-refractivity contribution < 1.29 is 13.9 Å². The predicted octanol–water partition coefficient (Wildman–Crippen LogP) is 5.35. The molecule has 0 saturated carbocycles. The number of carbonyl (C=O) groups is 1. The van der Waals surface area contributed by atoms with Gasteiger partial charge in [-0.25, -0.2) is 4.39 Å². The summed E-state index contributed by atoms with van der Waals surface area (Å²) in [6.45, 7) is 4.72. The van der Waals surface area contributed by atoms with Crippen LogP contribution in [-0.2, 0) is 6.54 Å². The molecule has 0 spiro atoms. The van der Waals surface area contributed by atoms with E-state index in [1.54, 1.807) is 36.2 Å². The minimum atomic E-state index is -0.317. The lowest BCUT2D eigenvalue weighted by molar-refractivity contribution is 0.0785. The molecule has 0 saturated heterocycles. The van der Waals surface area contributed by atoms with Gasteiger partial charge in [0.15, 0.2) is 0 Å². The fourth-order valence-corrected chi connectivity index (χ4v) is 3.73. The van der Waals surface area contributed by atoms with Crippen LogP contribution in [0.25, 0.3) is 22.0 Å². The molecule has 0 bridgehead atoms. The molecule has 1 aromatic heterocycles. The van der Waals surface area contributed by atoms with Crippen molar-refractivity contribution in [2.45, 2.75) is 20.4 Å². The maximum Gasteiger partial charge on any atom is 0.254 e. The van der Waals surface area contributed by atoms with Gasteiger partial charge >= 0.3 is 0 Å². The summed E-state index contributed by atoms with van der Waals surface area (Å²) in [7, 11) is 1.77. The third-order valence-corrected chi connectivity index (χ3v) is 5.28. The van der Waals surface area contributed by atoms with E-state index in [1.165, 1.54) is 12.1 Å². The number of hydrogen-bond acceptors (Lipinski definition) is 3. The lowest BCUT2D eigenvalue weighted by Crippen LogP contribution is -2.26. The van der Waals surface area contributed by atoms with Gasteiger partial charge in [-0.15, -0.1) is 0 Å². The lowest BCUT2D eigenvalue weighted by atomic mass is 10.0. The highest BCUT2D eigenvalue weighted by Crippen LogP contribution is 2.32. The fourth-order valence-electron chi connectivity index (χ4n) is 3.73. The van der Waals surface area contributed by atoms with E-state index >= 15 is 0 Å². The van der Waals surface area contributed by atoms with Crippen LogP contribution in [0.3, 0.4) is 0 Å². The number of benzene rings is 3.